The Kier molecular flexibility index (Phi) is 10.2. The molecule has 4 nitrogen and oxygen atoms in total. The number of amides is 1. The van der Waals surface area contributed by atoms with Gasteiger partial charge in [0.05, 0.1) is 11.4 Å². The molecule has 3 aromatic carbocycles. The number of carbonyl (C=O) groups excluding carboxylic acids is 1. The van der Waals surface area contributed by atoms with E-state index in [1.165, 1.54) is 0 Å². The van der Waals surface area contributed by atoms with Gasteiger partial charge in [0.25, 0.3) is 5.91 Å². The van der Waals surface area contributed by atoms with Crippen molar-refractivity contribution in [2.45, 2.75) is 143 Å². The highest BCUT2D eigenvalue weighted by atomic mass is 16.3. The maximum Gasteiger partial charge on any atom is 0.255 e. The van der Waals surface area contributed by atoms with Gasteiger partial charge < -0.3 is 10.2 Å². The molecule has 0 aromatic heterocycles. The molecule has 0 saturated heterocycles. The number of fused-ring (bicyclic) bond motifs is 2. The minimum absolute atomic E-state index is 0.147. The summed E-state index contributed by atoms with van der Waals surface area (Å²) in [5.74, 6) is 0.525. The molecule has 0 saturated carbocycles. The topological polar surface area (TPSA) is 60.8 Å². The summed E-state index contributed by atoms with van der Waals surface area (Å²) in [5, 5.41) is 24.0. The predicted molar refractivity (Wildman–Crippen MR) is 200 cm³/mol. The Bertz CT molecular complexity index is 1540. The van der Waals surface area contributed by atoms with Gasteiger partial charge in [-0.1, -0.05) is 126 Å². The average molecular weight is 638 g/mol. The van der Waals surface area contributed by atoms with E-state index in [0.717, 1.165) is 88.8 Å². The van der Waals surface area contributed by atoms with E-state index in [4.69, 9.17) is 0 Å². The van der Waals surface area contributed by atoms with E-state index in [9.17, 15) is 15.0 Å². The number of phenols is 2. The number of anilines is 2. The Hall–Kier alpha value is -3.53. The maximum absolute atomic E-state index is 15.0. The van der Waals surface area contributed by atoms with Crippen molar-refractivity contribution in [3.63, 3.8) is 0 Å². The van der Waals surface area contributed by atoms with Crippen LogP contribution in [0.25, 0.3) is 6.08 Å². The fourth-order valence-corrected chi connectivity index (χ4v) is 7.19. The van der Waals surface area contributed by atoms with Crippen LogP contribution in [0.5, 0.6) is 11.5 Å². The van der Waals surface area contributed by atoms with E-state index in [-0.39, 0.29) is 27.6 Å². The second kappa shape index (κ2) is 13.2. The normalized spacial score (nSPS) is 15.3. The van der Waals surface area contributed by atoms with E-state index in [2.05, 4.69) is 95.2 Å². The summed E-state index contributed by atoms with van der Waals surface area (Å²) < 4.78 is 0. The van der Waals surface area contributed by atoms with Crippen molar-refractivity contribution in [3.05, 3.63) is 87.5 Å². The summed E-state index contributed by atoms with van der Waals surface area (Å²) >= 11 is 0. The third kappa shape index (κ3) is 7.79. The van der Waals surface area contributed by atoms with Crippen LogP contribution in [0.3, 0.4) is 0 Å². The molecule has 2 N–H and O–H groups in total. The van der Waals surface area contributed by atoms with Gasteiger partial charge in [-0.25, -0.2) is 0 Å². The van der Waals surface area contributed by atoms with E-state index >= 15 is 0 Å². The van der Waals surface area contributed by atoms with E-state index in [1.54, 1.807) is 6.08 Å². The van der Waals surface area contributed by atoms with Crippen LogP contribution in [0.4, 0.5) is 11.4 Å². The summed E-state index contributed by atoms with van der Waals surface area (Å²) in [6.07, 6.45) is 9.13. The molecule has 0 bridgehead atoms. The lowest BCUT2D eigenvalue weighted by molar-refractivity contribution is -0.113. The first-order valence-electron chi connectivity index (χ1n) is 17.5. The SMILES string of the molecule is CC(C)(C)c1cc2c(c(C(C)(C)C)c1O)CCCCCCc1c(cc(C(C)(C)C)c(O)c1C(C)(C)C)N2C(=O)C=Cc1ccccc1. The molecule has 1 amide bonds. The maximum atomic E-state index is 15.0. The highest BCUT2D eigenvalue weighted by Gasteiger charge is 2.37. The standard InChI is InChI=1S/C43H59NO3/c1-40(2,3)31-26-33-29(36(38(31)46)42(7,8)9)22-18-13-14-19-23-30-34(44(33)35(45)25-24-28-20-16-15-17-21-28)27-32(41(4,5)6)39(47)37(30)43(10,11)12/h15-17,20-21,24-27,46-47H,13-14,18-19,22-23H2,1-12H3. The molecule has 0 atom stereocenters. The molecule has 47 heavy (non-hydrogen) atoms. The van der Waals surface area contributed by atoms with Crippen molar-refractivity contribution in [2.75, 3.05) is 4.90 Å². The minimum Gasteiger partial charge on any atom is -0.507 e. The van der Waals surface area contributed by atoms with Gasteiger partial charge in [-0.3, -0.25) is 9.69 Å². The Labute approximate surface area is 284 Å². The smallest absolute Gasteiger partial charge is 0.255 e. The predicted octanol–water partition coefficient (Wildman–Crippen LogP) is 11.3. The van der Waals surface area contributed by atoms with Crippen molar-refractivity contribution < 1.29 is 15.0 Å². The Balaban J connectivity index is 2.26. The van der Waals surface area contributed by atoms with E-state index < -0.39 is 0 Å². The molecule has 4 heteroatoms. The molecule has 0 spiro atoms. The van der Waals surface area contributed by atoms with Crippen LogP contribution < -0.4 is 4.90 Å². The lowest BCUT2D eigenvalue weighted by Gasteiger charge is -2.37. The summed E-state index contributed by atoms with van der Waals surface area (Å²) in [7, 11) is 0. The van der Waals surface area contributed by atoms with Gasteiger partial charge in [0.1, 0.15) is 11.5 Å². The monoisotopic (exact) mass is 637 g/mol. The number of nitrogens with zero attached hydrogens (tertiary/aromatic N) is 1. The van der Waals surface area contributed by atoms with Crippen LogP contribution in [-0.4, -0.2) is 16.1 Å². The van der Waals surface area contributed by atoms with Crippen LogP contribution in [0, 0.1) is 0 Å². The molecule has 0 radical (unpaired) electrons. The van der Waals surface area contributed by atoms with E-state index in [1.807, 2.05) is 41.3 Å². The lowest BCUT2D eigenvalue weighted by atomic mass is 9.74. The number of hydrogen-bond donors (Lipinski definition) is 2. The van der Waals surface area contributed by atoms with Gasteiger partial charge in [-0.05, 0) is 82.2 Å². The van der Waals surface area contributed by atoms with Crippen LogP contribution in [0.15, 0.2) is 48.5 Å². The molecule has 0 fully saturated rings. The molecule has 1 aliphatic rings. The number of benzene rings is 3. The molecule has 254 valence electrons. The van der Waals surface area contributed by atoms with Crippen LogP contribution in [-0.2, 0) is 39.3 Å². The van der Waals surface area contributed by atoms with E-state index in [0.29, 0.717) is 11.5 Å². The summed E-state index contributed by atoms with van der Waals surface area (Å²) in [4.78, 5) is 16.9. The van der Waals surface area contributed by atoms with Gasteiger partial charge in [-0.2, -0.15) is 0 Å². The minimum atomic E-state index is -0.370. The highest BCUT2D eigenvalue weighted by Crippen LogP contribution is 2.51. The third-order valence-electron chi connectivity index (χ3n) is 9.41. The van der Waals surface area contributed by atoms with Crippen LogP contribution in [0.2, 0.25) is 0 Å². The zero-order chi connectivity index (χ0) is 35.1. The quantitative estimate of drug-likeness (QED) is 0.275. The van der Waals surface area contributed by atoms with Crippen LogP contribution >= 0.6 is 0 Å². The fraction of sp³-hybridized carbons (Fsp3) is 0.512. The van der Waals surface area contributed by atoms with Crippen molar-refractivity contribution in [3.8, 4) is 11.5 Å². The number of aromatic hydroxyl groups is 2. The summed E-state index contributed by atoms with van der Waals surface area (Å²) in [6, 6.07) is 14.1. The van der Waals surface area contributed by atoms with Crippen LogP contribution in [0.1, 0.15) is 148 Å². The van der Waals surface area contributed by atoms with Gasteiger partial charge in [0.2, 0.25) is 0 Å². The molecule has 3 aromatic rings. The first-order valence-corrected chi connectivity index (χ1v) is 17.5. The third-order valence-corrected chi connectivity index (χ3v) is 9.41. The molecule has 0 aliphatic carbocycles. The van der Waals surface area contributed by atoms with Crippen molar-refractivity contribution in [2.24, 2.45) is 0 Å². The second-order valence-corrected chi connectivity index (χ2v) is 17.6. The van der Waals surface area contributed by atoms with Gasteiger partial charge >= 0.3 is 0 Å². The largest absolute Gasteiger partial charge is 0.507 e. The zero-order valence-electron chi connectivity index (χ0n) is 31.2. The molecule has 0 unspecified atom stereocenters. The molecular weight excluding hydrogens is 578 g/mol. The van der Waals surface area contributed by atoms with Crippen molar-refractivity contribution >= 4 is 23.4 Å². The Morgan fingerprint density at radius 2 is 1.02 bits per heavy atom. The number of rotatable bonds is 2. The molecule has 4 rings (SSSR count). The van der Waals surface area contributed by atoms with Crippen molar-refractivity contribution in [1.29, 1.82) is 0 Å². The Morgan fingerprint density at radius 3 is 1.38 bits per heavy atom. The number of hydrogen-bond acceptors (Lipinski definition) is 3. The average Bonchev–Trinajstić information content (AvgIpc) is 2.96. The highest BCUT2D eigenvalue weighted by molar-refractivity contribution is 6.10. The first-order chi connectivity index (χ1) is 21.6. The number of phenolic OH excluding ortho intramolecular Hbond substituents is 2. The molecule has 1 heterocycles. The Morgan fingerprint density at radius 1 is 0.617 bits per heavy atom. The van der Waals surface area contributed by atoms with Crippen molar-refractivity contribution in [1.82, 2.24) is 0 Å². The summed E-state index contributed by atoms with van der Waals surface area (Å²) in [6.45, 7) is 25.7. The van der Waals surface area contributed by atoms with Gasteiger partial charge in [0, 0.05) is 28.3 Å². The van der Waals surface area contributed by atoms with Gasteiger partial charge in [0.15, 0.2) is 0 Å². The number of carbonyl (C=O) groups is 1. The summed E-state index contributed by atoms with van der Waals surface area (Å²) in [5.41, 5.74) is 6.67. The zero-order valence-corrected chi connectivity index (χ0v) is 31.2. The second-order valence-electron chi connectivity index (χ2n) is 17.6. The molecule has 1 aliphatic heterocycles. The molecular formula is C43H59NO3. The fourth-order valence-electron chi connectivity index (χ4n) is 7.19. The van der Waals surface area contributed by atoms with Gasteiger partial charge in [-0.15, -0.1) is 0 Å². The lowest BCUT2D eigenvalue weighted by Crippen LogP contribution is -2.31. The first kappa shape index (κ1) is 36.3.